The molecule has 0 aliphatic carbocycles. The number of hydrogen-bond acceptors (Lipinski definition) is 5. The molecule has 3 aromatic rings. The fourth-order valence-electron chi connectivity index (χ4n) is 2.47. The smallest absolute Gasteiger partial charge is 0.224 e. The Balaban J connectivity index is 1.45. The van der Waals surface area contributed by atoms with Crippen LogP contribution >= 0.6 is 11.3 Å². The average Bonchev–Trinajstić information content (AvgIpc) is 3.09. The molecular formula is C17H19N3O2S. The molecule has 0 fully saturated rings. The number of para-hydroxylation sites is 1. The van der Waals surface area contributed by atoms with Gasteiger partial charge in [-0.2, -0.15) is 0 Å². The number of aryl methyl sites for hydroxylation is 3. The summed E-state index contributed by atoms with van der Waals surface area (Å²) in [5.74, 6) is 0.718. The normalized spacial score (nSPS) is 11.0. The molecule has 1 amide bonds. The highest BCUT2D eigenvalue weighted by Gasteiger charge is 2.13. The van der Waals surface area contributed by atoms with E-state index in [1.807, 2.05) is 32.0 Å². The Morgan fingerprint density at radius 2 is 2.13 bits per heavy atom. The Bertz CT molecular complexity index is 770. The van der Waals surface area contributed by atoms with E-state index in [1.165, 1.54) is 4.70 Å². The molecule has 0 spiro atoms. The number of hydrogen-bond donors (Lipinski definition) is 1. The van der Waals surface area contributed by atoms with Gasteiger partial charge < -0.3 is 9.84 Å². The monoisotopic (exact) mass is 329 g/mol. The van der Waals surface area contributed by atoms with Gasteiger partial charge in [0.1, 0.15) is 5.76 Å². The molecule has 3 rings (SSSR count). The van der Waals surface area contributed by atoms with Crippen molar-refractivity contribution < 1.29 is 9.32 Å². The minimum atomic E-state index is 0.00343. The zero-order valence-electron chi connectivity index (χ0n) is 13.3. The molecule has 1 aromatic carbocycles. The summed E-state index contributed by atoms with van der Waals surface area (Å²) in [5, 5.41) is 7.93. The lowest BCUT2D eigenvalue weighted by Crippen LogP contribution is -2.26. The lowest BCUT2D eigenvalue weighted by molar-refractivity contribution is -0.120. The minimum absolute atomic E-state index is 0.00343. The van der Waals surface area contributed by atoms with E-state index in [9.17, 15) is 4.79 Å². The lowest BCUT2D eigenvalue weighted by atomic mass is 10.1. The lowest BCUT2D eigenvalue weighted by Gasteiger charge is -2.04. The van der Waals surface area contributed by atoms with Gasteiger partial charge in [-0.3, -0.25) is 4.79 Å². The van der Waals surface area contributed by atoms with Gasteiger partial charge in [0.2, 0.25) is 5.91 Å². The molecule has 0 aliphatic rings. The molecule has 0 atom stereocenters. The number of fused-ring (bicyclic) bond motifs is 1. The third-order valence-corrected chi connectivity index (χ3v) is 4.84. The summed E-state index contributed by atoms with van der Waals surface area (Å²) >= 11 is 1.72. The van der Waals surface area contributed by atoms with E-state index in [0.717, 1.165) is 34.6 Å². The molecule has 2 aromatic heterocycles. The second-order valence-electron chi connectivity index (χ2n) is 5.51. The van der Waals surface area contributed by atoms with Crippen molar-refractivity contribution in [3.05, 3.63) is 46.3 Å². The van der Waals surface area contributed by atoms with Crippen molar-refractivity contribution in [3.8, 4) is 0 Å². The first kappa shape index (κ1) is 15.7. The Labute approximate surface area is 138 Å². The molecule has 1 N–H and O–H groups in total. The Morgan fingerprint density at radius 1 is 1.30 bits per heavy atom. The molecule has 0 unspecified atom stereocenters. The molecule has 0 saturated heterocycles. The van der Waals surface area contributed by atoms with E-state index in [4.69, 9.17) is 4.52 Å². The molecule has 23 heavy (non-hydrogen) atoms. The summed E-state index contributed by atoms with van der Waals surface area (Å²) < 4.78 is 6.28. The molecular weight excluding hydrogens is 310 g/mol. The quantitative estimate of drug-likeness (QED) is 0.705. The van der Waals surface area contributed by atoms with Crippen LogP contribution in [0.15, 0.2) is 28.8 Å². The highest BCUT2D eigenvalue weighted by atomic mass is 32.1. The highest BCUT2D eigenvalue weighted by molar-refractivity contribution is 7.18. The standard InChI is InChI=1S/C17H19N3O2S/c1-11-13(12(2)22-20-11)10-16(21)18-9-5-8-17-19-14-6-3-4-7-15(14)23-17/h3-4,6-7H,5,8-10H2,1-2H3,(H,18,21). The summed E-state index contributed by atoms with van der Waals surface area (Å²) in [6.45, 7) is 4.33. The number of nitrogens with zero attached hydrogens (tertiary/aromatic N) is 2. The van der Waals surface area contributed by atoms with Gasteiger partial charge >= 0.3 is 0 Å². The van der Waals surface area contributed by atoms with Crippen molar-refractivity contribution >= 4 is 27.5 Å². The van der Waals surface area contributed by atoms with Crippen LogP contribution in [-0.2, 0) is 17.6 Å². The van der Waals surface area contributed by atoms with Gasteiger partial charge in [0.05, 0.1) is 27.3 Å². The number of amides is 1. The zero-order valence-corrected chi connectivity index (χ0v) is 14.1. The fraction of sp³-hybridized carbons (Fsp3) is 0.353. The van der Waals surface area contributed by atoms with Crippen molar-refractivity contribution in [1.29, 1.82) is 0 Å². The Kier molecular flexibility index (Phi) is 4.71. The van der Waals surface area contributed by atoms with Gasteiger partial charge in [0.15, 0.2) is 0 Å². The van der Waals surface area contributed by atoms with Crippen LogP contribution in [0.3, 0.4) is 0 Å². The third-order valence-electron chi connectivity index (χ3n) is 3.75. The maximum Gasteiger partial charge on any atom is 0.224 e. The van der Waals surface area contributed by atoms with Crippen molar-refractivity contribution in [3.63, 3.8) is 0 Å². The van der Waals surface area contributed by atoms with Crippen LogP contribution in [0.1, 0.15) is 28.4 Å². The van der Waals surface area contributed by atoms with Gasteiger partial charge in [-0.1, -0.05) is 17.3 Å². The van der Waals surface area contributed by atoms with Crippen LogP contribution < -0.4 is 5.32 Å². The van der Waals surface area contributed by atoms with E-state index in [1.54, 1.807) is 11.3 Å². The molecule has 6 heteroatoms. The van der Waals surface area contributed by atoms with E-state index < -0.39 is 0 Å². The first-order valence-electron chi connectivity index (χ1n) is 7.66. The number of carbonyl (C=O) groups is 1. The second-order valence-corrected chi connectivity index (χ2v) is 6.62. The van der Waals surface area contributed by atoms with Crippen molar-refractivity contribution in [2.24, 2.45) is 0 Å². The third kappa shape index (κ3) is 3.76. The molecule has 0 radical (unpaired) electrons. The van der Waals surface area contributed by atoms with E-state index >= 15 is 0 Å². The molecule has 120 valence electrons. The van der Waals surface area contributed by atoms with Crippen LogP contribution in [0.25, 0.3) is 10.2 Å². The maximum absolute atomic E-state index is 12.0. The minimum Gasteiger partial charge on any atom is -0.361 e. The summed E-state index contributed by atoms with van der Waals surface area (Å²) in [6.07, 6.45) is 2.08. The number of thiazole rings is 1. The van der Waals surface area contributed by atoms with Crippen LogP contribution in [-0.4, -0.2) is 22.6 Å². The van der Waals surface area contributed by atoms with E-state index in [2.05, 4.69) is 21.5 Å². The second kappa shape index (κ2) is 6.91. The van der Waals surface area contributed by atoms with Crippen LogP contribution in [0.5, 0.6) is 0 Å². The number of nitrogens with one attached hydrogen (secondary N) is 1. The van der Waals surface area contributed by atoms with Crippen LogP contribution in [0.2, 0.25) is 0 Å². The molecule has 0 bridgehead atoms. The number of benzene rings is 1. The highest BCUT2D eigenvalue weighted by Crippen LogP contribution is 2.22. The molecule has 5 nitrogen and oxygen atoms in total. The SMILES string of the molecule is Cc1noc(C)c1CC(=O)NCCCc1nc2ccccc2s1. The van der Waals surface area contributed by atoms with Crippen LogP contribution in [0.4, 0.5) is 0 Å². The fourth-order valence-corrected chi connectivity index (χ4v) is 3.48. The topological polar surface area (TPSA) is 68.0 Å². The van der Waals surface area contributed by atoms with Crippen molar-refractivity contribution in [2.45, 2.75) is 33.1 Å². The summed E-state index contributed by atoms with van der Waals surface area (Å²) in [4.78, 5) is 16.6. The van der Waals surface area contributed by atoms with Crippen molar-refractivity contribution in [1.82, 2.24) is 15.5 Å². The maximum atomic E-state index is 12.0. The van der Waals surface area contributed by atoms with Gasteiger partial charge in [-0.05, 0) is 32.4 Å². The van der Waals surface area contributed by atoms with E-state index in [0.29, 0.717) is 18.7 Å². The molecule has 0 aliphatic heterocycles. The first-order chi connectivity index (χ1) is 11.1. The van der Waals surface area contributed by atoms with Gasteiger partial charge in [0, 0.05) is 18.5 Å². The van der Waals surface area contributed by atoms with Gasteiger partial charge in [-0.25, -0.2) is 4.98 Å². The predicted octanol–water partition coefficient (Wildman–Crippen LogP) is 3.19. The molecule has 0 saturated carbocycles. The first-order valence-corrected chi connectivity index (χ1v) is 8.48. The largest absolute Gasteiger partial charge is 0.361 e. The zero-order chi connectivity index (χ0) is 16.2. The van der Waals surface area contributed by atoms with Gasteiger partial charge in [0.25, 0.3) is 0 Å². The summed E-state index contributed by atoms with van der Waals surface area (Å²) in [6, 6.07) is 8.14. The average molecular weight is 329 g/mol. The summed E-state index contributed by atoms with van der Waals surface area (Å²) in [5.41, 5.74) is 2.72. The predicted molar refractivity (Wildman–Crippen MR) is 90.6 cm³/mol. The number of carbonyl (C=O) groups excluding carboxylic acids is 1. The summed E-state index contributed by atoms with van der Waals surface area (Å²) in [7, 11) is 0. The molecule has 2 heterocycles. The van der Waals surface area contributed by atoms with Gasteiger partial charge in [-0.15, -0.1) is 11.3 Å². The van der Waals surface area contributed by atoms with Crippen molar-refractivity contribution in [2.75, 3.05) is 6.54 Å². The van der Waals surface area contributed by atoms with Crippen LogP contribution in [0, 0.1) is 13.8 Å². The van der Waals surface area contributed by atoms with E-state index in [-0.39, 0.29) is 5.91 Å². The Hall–Kier alpha value is -2.21. The Morgan fingerprint density at radius 3 is 2.87 bits per heavy atom. The number of rotatable bonds is 6. The number of aromatic nitrogens is 2.